The molecule has 1 aliphatic rings. The smallest absolute Gasteiger partial charge is 0.325 e. The van der Waals surface area contributed by atoms with E-state index in [0.717, 1.165) is 12.8 Å². The summed E-state index contributed by atoms with van der Waals surface area (Å²) in [7, 11) is 1.30. The van der Waals surface area contributed by atoms with E-state index >= 15 is 0 Å². The topological polar surface area (TPSA) is 55.4 Å². The molecule has 1 rings (SSSR count). The molecule has 0 saturated heterocycles. The van der Waals surface area contributed by atoms with Crippen LogP contribution >= 0.6 is 0 Å². The number of ether oxygens (including phenoxy) is 1. The Hall–Kier alpha value is -1.32. The molecule has 1 aliphatic carbocycles. The van der Waals surface area contributed by atoms with Gasteiger partial charge in [0.1, 0.15) is 6.54 Å². The first-order valence-corrected chi connectivity index (χ1v) is 4.72. The van der Waals surface area contributed by atoms with Gasteiger partial charge in [-0.1, -0.05) is 12.2 Å². The molecule has 78 valence electrons. The van der Waals surface area contributed by atoms with Crippen molar-refractivity contribution in [3.05, 3.63) is 12.2 Å². The van der Waals surface area contributed by atoms with Crippen LogP contribution in [0.25, 0.3) is 0 Å². The average Bonchev–Trinajstić information content (AvgIpc) is 2.66. The quantitative estimate of drug-likeness (QED) is 0.531. The van der Waals surface area contributed by atoms with Crippen LogP contribution in [0.1, 0.15) is 19.3 Å². The van der Waals surface area contributed by atoms with Crippen LogP contribution in [0, 0.1) is 5.92 Å². The first kappa shape index (κ1) is 10.8. The Morgan fingerprint density at radius 3 is 2.93 bits per heavy atom. The van der Waals surface area contributed by atoms with Gasteiger partial charge in [-0.05, 0) is 18.8 Å². The third-order valence-electron chi connectivity index (χ3n) is 2.22. The summed E-state index contributed by atoms with van der Waals surface area (Å²) in [5, 5.41) is 2.51. The number of rotatable bonds is 4. The summed E-state index contributed by atoms with van der Waals surface area (Å²) in [6.07, 6.45) is 6.68. The van der Waals surface area contributed by atoms with E-state index < -0.39 is 5.97 Å². The summed E-state index contributed by atoms with van der Waals surface area (Å²) in [5.74, 6) is -0.167. The van der Waals surface area contributed by atoms with Crippen LogP contribution in [0.2, 0.25) is 0 Å². The molecule has 0 aromatic rings. The normalized spacial score (nSPS) is 19.4. The van der Waals surface area contributed by atoms with E-state index in [9.17, 15) is 9.59 Å². The number of amides is 1. The van der Waals surface area contributed by atoms with Crippen molar-refractivity contribution in [2.45, 2.75) is 19.3 Å². The number of allylic oxidation sites excluding steroid dienone is 2. The van der Waals surface area contributed by atoms with Crippen molar-refractivity contribution in [3.8, 4) is 0 Å². The second-order valence-electron chi connectivity index (χ2n) is 3.32. The Balaban J connectivity index is 2.15. The minimum Gasteiger partial charge on any atom is -0.468 e. The highest BCUT2D eigenvalue weighted by molar-refractivity contribution is 5.82. The molecule has 1 unspecified atom stereocenters. The number of carbonyl (C=O) groups excluding carboxylic acids is 2. The zero-order chi connectivity index (χ0) is 10.4. The number of carbonyl (C=O) groups is 2. The van der Waals surface area contributed by atoms with Crippen molar-refractivity contribution in [2.24, 2.45) is 5.92 Å². The molecular formula is C10H15NO3. The SMILES string of the molecule is COC(=O)CNC(=O)CC1C=CCC1. The summed E-state index contributed by atoms with van der Waals surface area (Å²) in [5.41, 5.74) is 0. The fourth-order valence-corrected chi connectivity index (χ4v) is 1.42. The molecule has 0 fully saturated rings. The minimum absolute atomic E-state index is 0.0359. The second-order valence-corrected chi connectivity index (χ2v) is 3.32. The number of methoxy groups -OCH3 is 1. The van der Waals surface area contributed by atoms with Crippen LogP contribution in [0.3, 0.4) is 0 Å². The number of hydrogen-bond donors (Lipinski definition) is 1. The van der Waals surface area contributed by atoms with E-state index in [0.29, 0.717) is 12.3 Å². The average molecular weight is 197 g/mol. The lowest BCUT2D eigenvalue weighted by atomic mass is 10.1. The van der Waals surface area contributed by atoms with E-state index in [2.05, 4.69) is 22.2 Å². The molecule has 0 bridgehead atoms. The highest BCUT2D eigenvalue weighted by Gasteiger charge is 2.14. The standard InChI is InChI=1S/C10H15NO3/c1-14-10(13)7-11-9(12)6-8-4-2-3-5-8/h2,4,8H,3,5-7H2,1H3,(H,11,12). The van der Waals surface area contributed by atoms with Gasteiger partial charge in [-0.2, -0.15) is 0 Å². The van der Waals surface area contributed by atoms with Gasteiger partial charge in [-0.25, -0.2) is 0 Å². The van der Waals surface area contributed by atoms with Crippen LogP contribution in [0.4, 0.5) is 0 Å². The van der Waals surface area contributed by atoms with Crippen molar-refractivity contribution in [1.82, 2.24) is 5.32 Å². The highest BCUT2D eigenvalue weighted by Crippen LogP contribution is 2.19. The van der Waals surface area contributed by atoms with Gasteiger partial charge in [0.25, 0.3) is 0 Å². The number of hydrogen-bond acceptors (Lipinski definition) is 3. The summed E-state index contributed by atoms with van der Waals surface area (Å²) in [6, 6.07) is 0. The lowest BCUT2D eigenvalue weighted by Gasteiger charge is -2.07. The molecule has 1 atom stereocenters. The Labute approximate surface area is 83.3 Å². The monoisotopic (exact) mass is 197 g/mol. The predicted octanol–water partition coefficient (Wildman–Crippen LogP) is 0.632. The van der Waals surface area contributed by atoms with E-state index in [4.69, 9.17) is 0 Å². The summed E-state index contributed by atoms with van der Waals surface area (Å²) < 4.78 is 4.40. The Morgan fingerprint density at radius 1 is 1.57 bits per heavy atom. The van der Waals surface area contributed by atoms with E-state index in [1.165, 1.54) is 7.11 Å². The molecule has 4 nitrogen and oxygen atoms in total. The Kier molecular flexibility index (Phi) is 4.16. The van der Waals surface area contributed by atoms with Gasteiger partial charge < -0.3 is 10.1 Å². The van der Waals surface area contributed by atoms with Gasteiger partial charge in [-0.3, -0.25) is 9.59 Å². The minimum atomic E-state index is -0.416. The van der Waals surface area contributed by atoms with E-state index in [1.807, 2.05) is 0 Å². The molecule has 0 saturated carbocycles. The Morgan fingerprint density at radius 2 is 2.36 bits per heavy atom. The molecule has 14 heavy (non-hydrogen) atoms. The summed E-state index contributed by atoms with van der Waals surface area (Å²) in [4.78, 5) is 22.0. The van der Waals surface area contributed by atoms with Crippen LogP contribution in [0.15, 0.2) is 12.2 Å². The van der Waals surface area contributed by atoms with Gasteiger partial charge in [0.05, 0.1) is 7.11 Å². The van der Waals surface area contributed by atoms with Gasteiger partial charge in [0, 0.05) is 6.42 Å². The largest absolute Gasteiger partial charge is 0.468 e. The zero-order valence-electron chi connectivity index (χ0n) is 8.29. The fraction of sp³-hybridized carbons (Fsp3) is 0.600. The molecular weight excluding hydrogens is 182 g/mol. The van der Waals surface area contributed by atoms with Crippen molar-refractivity contribution in [1.29, 1.82) is 0 Å². The molecule has 0 radical (unpaired) electrons. The van der Waals surface area contributed by atoms with Gasteiger partial charge in [-0.15, -0.1) is 0 Å². The second kappa shape index (κ2) is 5.42. The van der Waals surface area contributed by atoms with Gasteiger partial charge >= 0.3 is 5.97 Å². The van der Waals surface area contributed by atoms with Crippen LogP contribution in [-0.2, 0) is 14.3 Å². The fourth-order valence-electron chi connectivity index (χ4n) is 1.42. The lowest BCUT2D eigenvalue weighted by Crippen LogP contribution is -2.30. The van der Waals surface area contributed by atoms with Crippen molar-refractivity contribution < 1.29 is 14.3 Å². The van der Waals surface area contributed by atoms with Gasteiger partial charge in [0.15, 0.2) is 0 Å². The van der Waals surface area contributed by atoms with Crippen LogP contribution < -0.4 is 5.32 Å². The maximum Gasteiger partial charge on any atom is 0.325 e. The third-order valence-corrected chi connectivity index (χ3v) is 2.22. The maximum atomic E-state index is 11.3. The van der Waals surface area contributed by atoms with Gasteiger partial charge in [0.2, 0.25) is 5.91 Å². The first-order valence-electron chi connectivity index (χ1n) is 4.72. The molecule has 1 N–H and O–H groups in total. The molecule has 0 aliphatic heterocycles. The predicted molar refractivity (Wildman–Crippen MR) is 51.5 cm³/mol. The lowest BCUT2D eigenvalue weighted by molar-refractivity contribution is -0.141. The number of esters is 1. The van der Waals surface area contributed by atoms with Crippen molar-refractivity contribution >= 4 is 11.9 Å². The molecule has 4 heteroatoms. The number of nitrogens with one attached hydrogen (secondary N) is 1. The first-order chi connectivity index (χ1) is 6.72. The molecule has 1 amide bonds. The van der Waals surface area contributed by atoms with E-state index in [1.54, 1.807) is 0 Å². The summed E-state index contributed by atoms with van der Waals surface area (Å²) >= 11 is 0. The zero-order valence-corrected chi connectivity index (χ0v) is 8.29. The third kappa shape index (κ3) is 3.60. The van der Waals surface area contributed by atoms with Crippen molar-refractivity contribution in [3.63, 3.8) is 0 Å². The Bertz CT molecular complexity index is 248. The van der Waals surface area contributed by atoms with E-state index in [-0.39, 0.29) is 12.5 Å². The molecule has 0 aromatic carbocycles. The molecule has 0 heterocycles. The summed E-state index contributed by atoms with van der Waals surface area (Å²) in [6.45, 7) is -0.0359. The molecule has 0 aromatic heterocycles. The van der Waals surface area contributed by atoms with Crippen LogP contribution in [0.5, 0.6) is 0 Å². The highest BCUT2D eigenvalue weighted by atomic mass is 16.5. The van der Waals surface area contributed by atoms with Crippen molar-refractivity contribution in [2.75, 3.05) is 13.7 Å². The van der Waals surface area contributed by atoms with Crippen LogP contribution in [-0.4, -0.2) is 25.5 Å². The molecule has 0 spiro atoms. The maximum absolute atomic E-state index is 11.3.